The Balaban J connectivity index is 0.994. The van der Waals surface area contributed by atoms with Gasteiger partial charge in [0.25, 0.3) is 0 Å². The fourth-order valence-corrected chi connectivity index (χ4v) is 6.58. The minimum Gasteiger partial charge on any atom is -0.454 e. The number of rotatable bonds is 8. The van der Waals surface area contributed by atoms with Crippen LogP contribution >= 0.6 is 0 Å². The van der Waals surface area contributed by atoms with Gasteiger partial charge in [0.05, 0.1) is 0 Å². The minimum absolute atomic E-state index is 0.301. The molecule has 45 heavy (non-hydrogen) atoms. The van der Waals surface area contributed by atoms with E-state index in [1.54, 1.807) is 0 Å². The highest BCUT2D eigenvalue weighted by molar-refractivity contribution is 5.85. The summed E-state index contributed by atoms with van der Waals surface area (Å²) in [6.45, 7) is 7.84. The van der Waals surface area contributed by atoms with Crippen LogP contribution in [0, 0.1) is 0 Å². The Morgan fingerprint density at radius 2 is 1.42 bits per heavy atom. The van der Waals surface area contributed by atoms with Gasteiger partial charge in [0, 0.05) is 64.1 Å². The van der Waals surface area contributed by atoms with Gasteiger partial charge in [-0.3, -0.25) is 14.4 Å². The number of anilines is 2. The molecule has 0 radical (unpaired) electrons. The second kappa shape index (κ2) is 12.4. The first-order chi connectivity index (χ1) is 22.2. The second-order valence-electron chi connectivity index (χ2n) is 12.1. The van der Waals surface area contributed by atoms with Crippen LogP contribution in [0.25, 0.3) is 16.9 Å². The number of piperidine rings is 1. The van der Waals surface area contributed by atoms with E-state index in [9.17, 15) is 0 Å². The van der Waals surface area contributed by atoms with Gasteiger partial charge in [-0.05, 0) is 48.2 Å². The molecule has 230 valence electrons. The lowest BCUT2D eigenvalue weighted by atomic mass is 10.0. The third kappa shape index (κ3) is 6.03. The molecule has 0 saturated carbocycles. The predicted octanol–water partition coefficient (Wildman–Crippen LogP) is 4.94. The summed E-state index contributed by atoms with van der Waals surface area (Å²) in [7, 11) is 0. The number of nitrogens with zero attached hydrogens (tertiary/aromatic N) is 7. The molecule has 8 rings (SSSR count). The Labute approximate surface area is 263 Å². The first kappa shape index (κ1) is 27.8. The average molecular weight is 603 g/mol. The van der Waals surface area contributed by atoms with E-state index < -0.39 is 0 Å². The Bertz CT molecular complexity index is 1750. The molecule has 0 bridgehead atoms. The molecule has 0 unspecified atom stereocenters. The lowest BCUT2D eigenvalue weighted by molar-refractivity contribution is 0.174. The third-order valence-electron chi connectivity index (χ3n) is 9.09. The SMILES string of the molecule is c1ccc(CN2CCC(Nc3nc(N4CCN(Cc5ccc6c(c5)OCO6)CC4)nc4c3ncn4-c3ccccc3)CC2)cc1. The van der Waals surface area contributed by atoms with Crippen molar-refractivity contribution in [2.45, 2.75) is 32.0 Å². The van der Waals surface area contributed by atoms with Gasteiger partial charge in [0.15, 0.2) is 28.5 Å². The summed E-state index contributed by atoms with van der Waals surface area (Å²) in [4.78, 5) is 22.4. The van der Waals surface area contributed by atoms with Crippen molar-refractivity contribution in [2.75, 3.05) is 56.3 Å². The molecule has 3 aliphatic heterocycles. The van der Waals surface area contributed by atoms with Crippen molar-refractivity contribution in [1.29, 1.82) is 0 Å². The van der Waals surface area contributed by atoms with Gasteiger partial charge in [0.1, 0.15) is 6.33 Å². The first-order valence-electron chi connectivity index (χ1n) is 15.9. The Morgan fingerprint density at radius 1 is 0.711 bits per heavy atom. The number of aromatic nitrogens is 4. The van der Waals surface area contributed by atoms with Crippen LogP contribution in [0.1, 0.15) is 24.0 Å². The number of hydrogen-bond acceptors (Lipinski definition) is 9. The zero-order valence-corrected chi connectivity index (χ0v) is 25.4. The third-order valence-corrected chi connectivity index (χ3v) is 9.09. The number of hydrogen-bond donors (Lipinski definition) is 1. The van der Waals surface area contributed by atoms with Crippen molar-refractivity contribution in [1.82, 2.24) is 29.3 Å². The van der Waals surface area contributed by atoms with Crippen molar-refractivity contribution >= 4 is 22.9 Å². The average Bonchev–Trinajstić information content (AvgIpc) is 3.74. The summed E-state index contributed by atoms with van der Waals surface area (Å²) in [5, 5.41) is 3.80. The molecule has 0 aliphatic carbocycles. The number of nitrogens with one attached hydrogen (secondary N) is 1. The highest BCUT2D eigenvalue weighted by Gasteiger charge is 2.25. The fraction of sp³-hybridized carbons (Fsp3) is 0.343. The normalized spacial score (nSPS) is 17.6. The summed E-state index contributed by atoms with van der Waals surface area (Å²) in [5.74, 6) is 3.25. The molecular weight excluding hydrogens is 564 g/mol. The molecule has 1 N–H and O–H groups in total. The van der Waals surface area contributed by atoms with Gasteiger partial charge >= 0.3 is 0 Å². The molecule has 2 saturated heterocycles. The van der Waals surface area contributed by atoms with Crippen molar-refractivity contribution in [3.63, 3.8) is 0 Å². The topological polar surface area (TPSA) is 83.8 Å². The monoisotopic (exact) mass is 602 g/mol. The van der Waals surface area contributed by atoms with E-state index in [0.29, 0.717) is 12.8 Å². The second-order valence-corrected chi connectivity index (χ2v) is 12.1. The summed E-state index contributed by atoms with van der Waals surface area (Å²) in [5.41, 5.74) is 5.29. The van der Waals surface area contributed by atoms with Crippen molar-refractivity contribution in [3.8, 4) is 17.2 Å². The quantitative estimate of drug-likeness (QED) is 0.266. The summed E-state index contributed by atoms with van der Waals surface area (Å²) < 4.78 is 13.1. The van der Waals surface area contributed by atoms with E-state index in [0.717, 1.165) is 105 Å². The number of para-hydroxylation sites is 1. The number of likely N-dealkylation sites (tertiary alicyclic amines) is 1. The van der Waals surface area contributed by atoms with E-state index >= 15 is 0 Å². The zero-order chi connectivity index (χ0) is 30.0. The minimum atomic E-state index is 0.301. The Hall–Kier alpha value is -4.67. The molecule has 0 amide bonds. The van der Waals surface area contributed by atoms with E-state index in [-0.39, 0.29) is 0 Å². The van der Waals surface area contributed by atoms with Crippen LogP contribution in [0.2, 0.25) is 0 Å². The van der Waals surface area contributed by atoms with E-state index in [4.69, 9.17) is 24.4 Å². The van der Waals surface area contributed by atoms with Gasteiger partial charge in [-0.1, -0.05) is 54.6 Å². The van der Waals surface area contributed by atoms with Crippen LogP contribution in [-0.2, 0) is 13.1 Å². The molecule has 3 aliphatic rings. The van der Waals surface area contributed by atoms with Crippen LogP contribution < -0.4 is 19.7 Å². The molecule has 10 nitrogen and oxygen atoms in total. The molecule has 2 aromatic heterocycles. The van der Waals surface area contributed by atoms with E-state index in [1.807, 2.05) is 30.6 Å². The standard InChI is InChI=1S/C35H38N8O2/c1-3-7-26(8-4-1)22-40-15-13-28(14-16-40)37-33-32-34(43(24-36-32)29-9-5-2-6-10-29)39-35(38-33)42-19-17-41(18-20-42)23-27-11-12-30-31(21-27)45-25-44-30/h1-12,21,24,28H,13-20,22-23,25H2,(H,37,38,39). The molecular formula is C35H38N8O2. The van der Waals surface area contributed by atoms with Crippen LogP contribution in [0.15, 0.2) is 85.2 Å². The number of piperazine rings is 1. The Morgan fingerprint density at radius 3 is 2.22 bits per heavy atom. The largest absolute Gasteiger partial charge is 0.454 e. The number of imidazole rings is 1. The van der Waals surface area contributed by atoms with Crippen molar-refractivity contribution in [3.05, 3.63) is 96.3 Å². The molecule has 5 heterocycles. The number of benzene rings is 3. The summed E-state index contributed by atoms with van der Waals surface area (Å²) in [6, 6.07) is 27.6. The van der Waals surface area contributed by atoms with E-state index in [1.165, 1.54) is 11.1 Å². The van der Waals surface area contributed by atoms with Crippen molar-refractivity contribution < 1.29 is 9.47 Å². The molecule has 5 aromatic rings. The van der Waals surface area contributed by atoms with Gasteiger partial charge in [0.2, 0.25) is 12.7 Å². The number of fused-ring (bicyclic) bond motifs is 2. The molecule has 3 aromatic carbocycles. The maximum atomic E-state index is 5.59. The first-order valence-corrected chi connectivity index (χ1v) is 15.9. The molecule has 0 spiro atoms. The fourth-order valence-electron chi connectivity index (χ4n) is 6.58. The maximum absolute atomic E-state index is 5.59. The van der Waals surface area contributed by atoms with Gasteiger partial charge in [-0.15, -0.1) is 0 Å². The van der Waals surface area contributed by atoms with Crippen LogP contribution in [0.5, 0.6) is 11.5 Å². The highest BCUT2D eigenvalue weighted by atomic mass is 16.7. The molecule has 2 fully saturated rings. The molecule has 10 heteroatoms. The summed E-state index contributed by atoms with van der Waals surface area (Å²) in [6.07, 6.45) is 3.99. The maximum Gasteiger partial charge on any atom is 0.231 e. The molecule has 0 atom stereocenters. The van der Waals surface area contributed by atoms with Gasteiger partial charge in [-0.25, -0.2) is 4.98 Å². The smallest absolute Gasteiger partial charge is 0.231 e. The van der Waals surface area contributed by atoms with Crippen LogP contribution in [0.3, 0.4) is 0 Å². The van der Waals surface area contributed by atoms with E-state index in [2.05, 4.69) is 79.2 Å². The van der Waals surface area contributed by atoms with Crippen LogP contribution in [0.4, 0.5) is 11.8 Å². The Kier molecular flexibility index (Phi) is 7.66. The highest BCUT2D eigenvalue weighted by Crippen LogP contribution is 2.33. The summed E-state index contributed by atoms with van der Waals surface area (Å²) >= 11 is 0. The lowest BCUT2D eigenvalue weighted by Gasteiger charge is -2.35. The van der Waals surface area contributed by atoms with Gasteiger partial charge in [-0.2, -0.15) is 9.97 Å². The predicted molar refractivity (Wildman–Crippen MR) is 175 cm³/mol. The zero-order valence-electron chi connectivity index (χ0n) is 25.4. The van der Waals surface area contributed by atoms with Gasteiger partial charge < -0.3 is 19.7 Å². The van der Waals surface area contributed by atoms with Crippen LogP contribution in [-0.4, -0.2) is 81.4 Å². The van der Waals surface area contributed by atoms with Crippen molar-refractivity contribution in [2.24, 2.45) is 0 Å². The lowest BCUT2D eigenvalue weighted by Crippen LogP contribution is -2.46. The number of ether oxygens (including phenoxy) is 2.